The van der Waals surface area contributed by atoms with E-state index in [1.54, 1.807) is 0 Å². The third kappa shape index (κ3) is 3.27. The van der Waals surface area contributed by atoms with Gasteiger partial charge >= 0.3 is 0 Å². The number of nitro groups is 1. The van der Waals surface area contributed by atoms with Crippen molar-refractivity contribution in [2.24, 2.45) is 5.73 Å². The summed E-state index contributed by atoms with van der Waals surface area (Å²) in [6.07, 6.45) is 3.01. The molecule has 124 valence electrons. The fourth-order valence-electron chi connectivity index (χ4n) is 2.76. The first-order valence-electron chi connectivity index (χ1n) is 7.57. The number of para-hydroxylation sites is 1. The van der Waals surface area contributed by atoms with Gasteiger partial charge in [0.05, 0.1) is 10.5 Å². The Kier molecular flexibility index (Phi) is 4.28. The van der Waals surface area contributed by atoms with Gasteiger partial charge in [0.1, 0.15) is 12.0 Å². The monoisotopic (exact) mass is 327 g/mol. The zero-order valence-electron chi connectivity index (χ0n) is 12.9. The Labute approximate surface area is 138 Å². The highest BCUT2D eigenvalue weighted by Gasteiger charge is 2.20. The van der Waals surface area contributed by atoms with E-state index in [4.69, 9.17) is 5.73 Å². The summed E-state index contributed by atoms with van der Waals surface area (Å²) in [6.45, 7) is 0.527. The van der Waals surface area contributed by atoms with Crippen molar-refractivity contribution < 1.29 is 9.72 Å². The lowest BCUT2D eigenvalue weighted by Gasteiger charge is -2.27. The van der Waals surface area contributed by atoms with Crippen molar-refractivity contribution in [1.29, 1.82) is 0 Å². The van der Waals surface area contributed by atoms with Crippen LogP contribution < -0.4 is 16.4 Å². The van der Waals surface area contributed by atoms with Gasteiger partial charge in [0.2, 0.25) is 0 Å². The van der Waals surface area contributed by atoms with E-state index in [1.807, 2.05) is 18.2 Å². The van der Waals surface area contributed by atoms with E-state index in [2.05, 4.69) is 21.7 Å². The second-order valence-electron chi connectivity index (χ2n) is 5.63. The number of carbonyl (C=O) groups excluding carboxylic acids is 1. The van der Waals surface area contributed by atoms with Crippen molar-refractivity contribution in [3.05, 3.63) is 57.8 Å². The number of hydrogen-bond acceptors (Lipinski definition) is 6. The van der Waals surface area contributed by atoms with E-state index in [0.29, 0.717) is 6.54 Å². The maximum atomic E-state index is 11.5. The molecule has 0 saturated heterocycles. The molecule has 1 atom stereocenters. The number of nitrogens with zero attached hydrogens (tertiary/aromatic N) is 2. The zero-order chi connectivity index (χ0) is 17.1. The van der Waals surface area contributed by atoms with E-state index in [-0.39, 0.29) is 23.1 Å². The SMILES string of the molecule is NC(=O)c1cc([N+](=O)[O-])cnc1NC[C@@H]1CCc2ccccc2N1. The van der Waals surface area contributed by atoms with Gasteiger partial charge in [0.15, 0.2) is 0 Å². The number of primary amides is 1. The van der Waals surface area contributed by atoms with E-state index >= 15 is 0 Å². The molecule has 1 aromatic carbocycles. The van der Waals surface area contributed by atoms with Crippen LogP contribution in [0.25, 0.3) is 0 Å². The molecule has 8 nitrogen and oxygen atoms in total. The van der Waals surface area contributed by atoms with Crippen molar-refractivity contribution in [2.75, 3.05) is 17.2 Å². The van der Waals surface area contributed by atoms with Crippen LogP contribution in [0.5, 0.6) is 0 Å². The first-order chi connectivity index (χ1) is 11.5. The molecule has 0 aliphatic carbocycles. The number of carbonyl (C=O) groups is 1. The van der Waals surface area contributed by atoms with Gasteiger partial charge in [-0.1, -0.05) is 18.2 Å². The summed E-state index contributed by atoms with van der Waals surface area (Å²) >= 11 is 0. The van der Waals surface area contributed by atoms with Gasteiger partial charge in [-0.3, -0.25) is 14.9 Å². The Hall–Kier alpha value is -3.16. The number of benzene rings is 1. The molecule has 0 fully saturated rings. The molecule has 1 amide bonds. The Morgan fingerprint density at radius 1 is 1.46 bits per heavy atom. The number of amides is 1. The fraction of sp³-hybridized carbons (Fsp3) is 0.250. The quantitative estimate of drug-likeness (QED) is 0.569. The van der Waals surface area contributed by atoms with Gasteiger partial charge < -0.3 is 16.4 Å². The molecule has 8 heteroatoms. The summed E-state index contributed by atoms with van der Waals surface area (Å²) < 4.78 is 0. The van der Waals surface area contributed by atoms with Gasteiger partial charge in [-0.2, -0.15) is 0 Å². The predicted octanol–water partition coefficient (Wildman–Crippen LogP) is 1.93. The van der Waals surface area contributed by atoms with E-state index in [0.717, 1.165) is 30.8 Å². The van der Waals surface area contributed by atoms with Crippen molar-refractivity contribution in [2.45, 2.75) is 18.9 Å². The molecule has 0 unspecified atom stereocenters. The Balaban J connectivity index is 1.71. The number of aromatic nitrogens is 1. The molecular formula is C16H17N5O3. The third-order valence-corrected chi connectivity index (χ3v) is 4.00. The minimum absolute atomic E-state index is 0.0143. The average Bonchev–Trinajstić information content (AvgIpc) is 2.59. The van der Waals surface area contributed by atoms with Crippen LogP contribution in [0.1, 0.15) is 22.3 Å². The summed E-state index contributed by atoms with van der Waals surface area (Å²) in [5.41, 5.74) is 7.43. The van der Waals surface area contributed by atoms with Gasteiger partial charge in [0, 0.05) is 24.3 Å². The van der Waals surface area contributed by atoms with Crippen LogP contribution >= 0.6 is 0 Å². The number of pyridine rings is 1. The summed E-state index contributed by atoms with van der Waals surface area (Å²) in [7, 11) is 0. The standard InChI is InChI=1S/C16H17N5O3/c17-15(22)13-7-12(21(23)24)9-19-16(13)18-8-11-6-5-10-3-1-2-4-14(10)20-11/h1-4,7,9,11,20H,5-6,8H2,(H2,17,22)(H,18,19)/t11-/m0/s1. The lowest BCUT2D eigenvalue weighted by Crippen LogP contribution is -2.33. The second kappa shape index (κ2) is 6.53. The molecule has 2 aromatic rings. The highest BCUT2D eigenvalue weighted by molar-refractivity contribution is 5.98. The molecule has 1 aliphatic heterocycles. The Morgan fingerprint density at radius 3 is 3.00 bits per heavy atom. The molecule has 0 radical (unpaired) electrons. The highest BCUT2D eigenvalue weighted by atomic mass is 16.6. The van der Waals surface area contributed by atoms with Crippen LogP contribution in [0.3, 0.4) is 0 Å². The molecule has 3 rings (SSSR count). The number of hydrogen-bond donors (Lipinski definition) is 3. The minimum Gasteiger partial charge on any atom is -0.380 e. The number of aryl methyl sites for hydroxylation is 1. The largest absolute Gasteiger partial charge is 0.380 e. The second-order valence-corrected chi connectivity index (χ2v) is 5.63. The van der Waals surface area contributed by atoms with Gasteiger partial charge in [-0.25, -0.2) is 4.98 Å². The Morgan fingerprint density at radius 2 is 2.25 bits per heavy atom. The maximum Gasteiger partial charge on any atom is 0.288 e. The summed E-state index contributed by atoms with van der Waals surface area (Å²) in [5, 5.41) is 17.3. The minimum atomic E-state index is -0.754. The van der Waals surface area contributed by atoms with Gasteiger partial charge in [0.25, 0.3) is 11.6 Å². The van der Waals surface area contributed by atoms with Gasteiger partial charge in [-0.05, 0) is 24.5 Å². The Bertz CT molecular complexity index is 793. The highest BCUT2D eigenvalue weighted by Crippen LogP contribution is 2.25. The molecule has 1 aliphatic rings. The summed E-state index contributed by atoms with van der Waals surface area (Å²) in [6, 6.07) is 9.41. The molecule has 2 heterocycles. The number of rotatable bonds is 5. The van der Waals surface area contributed by atoms with Crippen molar-refractivity contribution in [1.82, 2.24) is 4.98 Å². The van der Waals surface area contributed by atoms with Crippen LogP contribution in [0.2, 0.25) is 0 Å². The molecule has 0 bridgehead atoms. The molecule has 24 heavy (non-hydrogen) atoms. The molecular weight excluding hydrogens is 310 g/mol. The molecule has 0 spiro atoms. The predicted molar refractivity (Wildman–Crippen MR) is 90.1 cm³/mol. The molecule has 0 saturated carbocycles. The zero-order valence-corrected chi connectivity index (χ0v) is 12.9. The number of fused-ring (bicyclic) bond motifs is 1. The van der Waals surface area contributed by atoms with E-state index in [1.165, 1.54) is 5.56 Å². The smallest absolute Gasteiger partial charge is 0.288 e. The fourth-order valence-corrected chi connectivity index (χ4v) is 2.76. The summed E-state index contributed by atoms with van der Waals surface area (Å²) in [4.78, 5) is 25.7. The van der Waals surface area contributed by atoms with Crippen molar-refractivity contribution >= 4 is 23.1 Å². The molecule has 4 N–H and O–H groups in total. The van der Waals surface area contributed by atoms with Crippen LogP contribution in [0.15, 0.2) is 36.5 Å². The summed E-state index contributed by atoms with van der Waals surface area (Å²) in [5.74, 6) is -0.496. The van der Waals surface area contributed by atoms with Crippen LogP contribution in [-0.2, 0) is 6.42 Å². The topological polar surface area (TPSA) is 123 Å². The number of anilines is 2. The number of nitrogens with two attached hydrogens (primary N) is 1. The third-order valence-electron chi connectivity index (χ3n) is 4.00. The lowest BCUT2D eigenvalue weighted by atomic mass is 9.98. The molecule has 1 aromatic heterocycles. The van der Waals surface area contributed by atoms with Crippen LogP contribution in [-0.4, -0.2) is 28.4 Å². The van der Waals surface area contributed by atoms with Crippen LogP contribution in [0, 0.1) is 10.1 Å². The van der Waals surface area contributed by atoms with E-state index < -0.39 is 10.8 Å². The van der Waals surface area contributed by atoms with Gasteiger partial charge in [-0.15, -0.1) is 0 Å². The normalized spacial score (nSPS) is 15.9. The van der Waals surface area contributed by atoms with Crippen LogP contribution in [0.4, 0.5) is 17.2 Å². The lowest BCUT2D eigenvalue weighted by molar-refractivity contribution is -0.385. The van der Waals surface area contributed by atoms with Crippen molar-refractivity contribution in [3.63, 3.8) is 0 Å². The first-order valence-corrected chi connectivity index (χ1v) is 7.57. The maximum absolute atomic E-state index is 11.5. The number of nitrogens with one attached hydrogen (secondary N) is 2. The van der Waals surface area contributed by atoms with E-state index in [9.17, 15) is 14.9 Å². The average molecular weight is 327 g/mol. The van der Waals surface area contributed by atoms with Crippen molar-refractivity contribution in [3.8, 4) is 0 Å². The first kappa shape index (κ1) is 15.7.